The summed E-state index contributed by atoms with van der Waals surface area (Å²) in [6, 6.07) is 71.7. The summed E-state index contributed by atoms with van der Waals surface area (Å²) in [5.74, 6) is 0. The fourth-order valence-corrected chi connectivity index (χ4v) is 13.0. The van der Waals surface area contributed by atoms with Crippen molar-refractivity contribution in [3.8, 4) is 33.4 Å². The quantitative estimate of drug-likeness (QED) is 0.152. The van der Waals surface area contributed by atoms with Gasteiger partial charge in [0.1, 0.15) is 0 Å². The first-order valence-electron chi connectivity index (χ1n) is 24.3. The average molecular weight is 888 g/mol. The molecule has 0 saturated carbocycles. The molecule has 69 heavy (non-hydrogen) atoms. The Morgan fingerprint density at radius 3 is 1.14 bits per heavy atom. The average Bonchev–Trinajstić information content (AvgIpc) is 4.07. The Morgan fingerprint density at radius 1 is 0.362 bits per heavy atom. The van der Waals surface area contributed by atoms with Gasteiger partial charge in [0.05, 0.1) is 16.5 Å². The lowest BCUT2D eigenvalue weighted by atomic mass is 9.64. The zero-order chi connectivity index (χ0) is 47.0. The van der Waals surface area contributed by atoms with Gasteiger partial charge in [-0.2, -0.15) is 0 Å². The SMILES string of the molecule is Cc1ccc2c(c1)C(c1cccc(C3(c4ccccn4)c4cc(C)ccc4-c4ccc(C)cc43)c1)(c1cccc(C3([N+]4=C=[N+](C)C=C4)c4cc(C)ccc4-c4ccc(C)cc43)c1)c1cc(C)ccc1-2. The molecule has 330 valence electrons. The molecule has 0 fully saturated rings. The van der Waals surface area contributed by atoms with Gasteiger partial charge in [0, 0.05) is 22.9 Å². The Kier molecular flexibility index (Phi) is 8.82. The third-order valence-corrected chi connectivity index (χ3v) is 15.9. The molecule has 0 bridgehead atoms. The second kappa shape index (κ2) is 14.8. The second-order valence-corrected chi connectivity index (χ2v) is 20.3. The van der Waals surface area contributed by atoms with Gasteiger partial charge in [0.25, 0.3) is 5.54 Å². The molecule has 13 rings (SSSR count). The number of pyridine rings is 1. The molecule has 0 spiro atoms. The van der Waals surface area contributed by atoms with Crippen LogP contribution in [-0.4, -0.2) is 27.2 Å². The van der Waals surface area contributed by atoms with Crippen molar-refractivity contribution in [3.05, 3.63) is 289 Å². The molecule has 4 aliphatic rings. The summed E-state index contributed by atoms with van der Waals surface area (Å²) in [6.07, 6.45) is 6.29. The first kappa shape index (κ1) is 41.2. The maximum Gasteiger partial charge on any atom is 0.490 e. The highest BCUT2D eigenvalue weighted by Crippen LogP contribution is 2.61. The third-order valence-electron chi connectivity index (χ3n) is 15.9. The van der Waals surface area contributed by atoms with E-state index in [-0.39, 0.29) is 0 Å². The summed E-state index contributed by atoms with van der Waals surface area (Å²) >= 11 is 0. The number of aryl methyl sites for hydroxylation is 6. The van der Waals surface area contributed by atoms with Crippen molar-refractivity contribution in [2.75, 3.05) is 7.05 Å². The van der Waals surface area contributed by atoms with E-state index in [0.29, 0.717) is 0 Å². The molecule has 3 nitrogen and oxygen atoms in total. The Hall–Kier alpha value is -7.97. The molecule has 0 N–H and O–H groups in total. The van der Waals surface area contributed by atoms with Crippen molar-refractivity contribution in [2.24, 2.45) is 0 Å². The molecule has 2 heterocycles. The number of fused-ring (bicyclic) bond motifs is 9. The van der Waals surface area contributed by atoms with Crippen molar-refractivity contribution >= 4 is 6.01 Å². The molecule has 0 radical (unpaired) electrons. The minimum absolute atomic E-state index is 0.677. The lowest BCUT2D eigenvalue weighted by Gasteiger charge is -2.38. The van der Waals surface area contributed by atoms with Gasteiger partial charge >= 0.3 is 6.01 Å². The van der Waals surface area contributed by atoms with E-state index in [9.17, 15) is 0 Å². The number of aromatic nitrogens is 1. The van der Waals surface area contributed by atoms with Crippen molar-refractivity contribution in [2.45, 2.75) is 57.9 Å². The molecule has 3 aliphatic carbocycles. The fraction of sp³-hybridized carbons (Fsp3) is 0.152. The molecule has 0 atom stereocenters. The van der Waals surface area contributed by atoms with Gasteiger partial charge in [0.2, 0.25) is 12.4 Å². The van der Waals surface area contributed by atoms with E-state index in [2.05, 4.69) is 246 Å². The molecular weight excluding hydrogens is 835 g/mol. The maximum atomic E-state index is 5.30. The Morgan fingerprint density at radius 2 is 0.739 bits per heavy atom. The summed E-state index contributed by atoms with van der Waals surface area (Å²) < 4.78 is 4.39. The van der Waals surface area contributed by atoms with E-state index in [4.69, 9.17) is 4.98 Å². The maximum absolute atomic E-state index is 5.30. The van der Waals surface area contributed by atoms with Crippen LogP contribution < -0.4 is 0 Å². The van der Waals surface area contributed by atoms with Crippen LogP contribution >= 0.6 is 0 Å². The molecule has 8 aromatic carbocycles. The minimum Gasteiger partial charge on any atom is -0.260 e. The van der Waals surface area contributed by atoms with E-state index in [1.54, 1.807) is 0 Å². The van der Waals surface area contributed by atoms with Crippen LogP contribution in [0.25, 0.3) is 33.4 Å². The predicted molar refractivity (Wildman–Crippen MR) is 280 cm³/mol. The van der Waals surface area contributed by atoms with Gasteiger partial charge in [0.15, 0.2) is 7.05 Å². The summed E-state index contributed by atoms with van der Waals surface area (Å²) in [4.78, 5) is 5.30. The Balaban J connectivity index is 1.16. The molecule has 1 aromatic heterocycles. The minimum atomic E-state index is -0.709. The van der Waals surface area contributed by atoms with Gasteiger partial charge in [-0.1, -0.05) is 188 Å². The standard InChI is InChI=1S/C66H53N3/c1-41-17-23-51-52-24-18-42(2)33-58(52)64(57(51)32-41,47-12-10-14-49(38-47)65(63-16-8-9-29-67-63)59-34-43(3)19-25-53(59)54-26-20-44(4)35-60(54)65)48-13-11-15-50(39-48)66(69-31-30-68(7)40-69)61-36-45(5)21-27-55(61)56-28-22-46(6)37-62(56)66/h8-39H,1-7H3/q+2. The first-order valence-corrected chi connectivity index (χ1v) is 24.3. The van der Waals surface area contributed by atoms with Crippen LogP contribution in [0, 0.1) is 41.5 Å². The van der Waals surface area contributed by atoms with E-state index in [1.807, 2.05) is 12.3 Å². The van der Waals surface area contributed by atoms with Crippen LogP contribution in [0.5, 0.6) is 0 Å². The normalized spacial score (nSPS) is 15.7. The number of hydrogen-bond donors (Lipinski definition) is 0. The summed E-state index contributed by atoms with van der Waals surface area (Å²) in [5.41, 5.74) is 26.5. The molecule has 9 aromatic rings. The van der Waals surface area contributed by atoms with Crippen LogP contribution in [0.1, 0.15) is 94.7 Å². The smallest absolute Gasteiger partial charge is 0.260 e. The number of nitrogens with zero attached hydrogens (tertiary/aromatic N) is 3. The topological polar surface area (TPSA) is 18.9 Å². The zero-order valence-corrected chi connectivity index (χ0v) is 40.3. The van der Waals surface area contributed by atoms with Gasteiger partial charge in [-0.05, 0) is 144 Å². The molecule has 0 amide bonds. The molecule has 3 heteroatoms. The number of rotatable bonds is 6. The largest absolute Gasteiger partial charge is 0.490 e. The van der Waals surface area contributed by atoms with Gasteiger partial charge < -0.3 is 0 Å². The van der Waals surface area contributed by atoms with Gasteiger partial charge in [-0.25, -0.2) is 0 Å². The van der Waals surface area contributed by atoms with Crippen molar-refractivity contribution < 1.29 is 9.15 Å². The van der Waals surface area contributed by atoms with E-state index >= 15 is 0 Å². The van der Waals surface area contributed by atoms with Crippen LogP contribution in [0.2, 0.25) is 0 Å². The molecule has 1 aliphatic heterocycles. The van der Waals surface area contributed by atoms with Crippen LogP contribution in [0.3, 0.4) is 0 Å². The predicted octanol–water partition coefficient (Wildman–Crippen LogP) is 14.2. The lowest BCUT2D eigenvalue weighted by Crippen LogP contribution is -2.38. The highest BCUT2D eigenvalue weighted by molar-refractivity contribution is 5.90. The van der Waals surface area contributed by atoms with E-state index in [1.165, 1.54) is 122 Å². The van der Waals surface area contributed by atoms with Crippen LogP contribution in [0.4, 0.5) is 0 Å². The van der Waals surface area contributed by atoms with Crippen molar-refractivity contribution in [1.29, 1.82) is 0 Å². The number of benzene rings is 8. The molecular formula is C66H53N3+2. The molecule has 0 unspecified atom stereocenters. The highest BCUT2D eigenvalue weighted by Gasteiger charge is 2.57. The third kappa shape index (κ3) is 5.54. The van der Waals surface area contributed by atoms with E-state index in [0.717, 1.165) is 5.69 Å². The summed E-state index contributed by atoms with van der Waals surface area (Å²) in [7, 11) is 2.07. The van der Waals surface area contributed by atoms with Crippen molar-refractivity contribution in [3.63, 3.8) is 0 Å². The highest BCUT2D eigenvalue weighted by atomic mass is 15.2. The van der Waals surface area contributed by atoms with Crippen molar-refractivity contribution in [1.82, 2.24) is 4.98 Å². The van der Waals surface area contributed by atoms with Gasteiger partial charge in [-0.15, -0.1) is 0 Å². The van der Waals surface area contributed by atoms with Gasteiger partial charge in [-0.3, -0.25) is 4.98 Å². The Bertz CT molecular complexity index is 3650. The van der Waals surface area contributed by atoms with Crippen LogP contribution in [-0.2, 0) is 16.4 Å². The first-order chi connectivity index (χ1) is 33.5. The Labute approximate surface area is 405 Å². The molecule has 0 saturated heterocycles. The number of hydrogen-bond acceptors (Lipinski definition) is 1. The lowest BCUT2D eigenvalue weighted by molar-refractivity contribution is -0.533. The zero-order valence-electron chi connectivity index (χ0n) is 40.3. The second-order valence-electron chi connectivity index (χ2n) is 20.3. The summed E-state index contributed by atoms with van der Waals surface area (Å²) in [6.45, 7) is 13.4. The van der Waals surface area contributed by atoms with Crippen LogP contribution in [0.15, 0.2) is 195 Å². The summed E-state index contributed by atoms with van der Waals surface area (Å²) in [5, 5.41) is 0. The van der Waals surface area contributed by atoms with E-state index < -0.39 is 16.4 Å². The monoisotopic (exact) mass is 887 g/mol. The fourth-order valence-electron chi connectivity index (χ4n) is 13.0.